The normalized spacial score (nSPS) is 11.6. The molecule has 0 amide bonds. The minimum atomic E-state index is -4.29. The van der Waals surface area contributed by atoms with Crippen molar-refractivity contribution in [2.24, 2.45) is 0 Å². The lowest BCUT2D eigenvalue weighted by Crippen LogP contribution is -2.36. The number of carbonyl (C=O) groups is 1. The number of ether oxygens (including phenoxy) is 1. The Bertz CT molecular complexity index is 574. The zero-order valence-electron chi connectivity index (χ0n) is 10.4. The monoisotopic (exact) mass is 293 g/mol. The Morgan fingerprint density at radius 1 is 1.37 bits per heavy atom. The molecular weight excluding hydrogens is 280 g/mol. The van der Waals surface area contributed by atoms with Crippen molar-refractivity contribution in [2.75, 3.05) is 20.2 Å². The third-order valence-corrected chi connectivity index (χ3v) is 4.33. The van der Waals surface area contributed by atoms with Gasteiger partial charge in [0.15, 0.2) is 0 Å². The van der Waals surface area contributed by atoms with Crippen LogP contribution in [0.25, 0.3) is 0 Å². The van der Waals surface area contributed by atoms with Crippen LogP contribution >= 0.6 is 0 Å². The van der Waals surface area contributed by atoms with Gasteiger partial charge in [0.05, 0.1) is 7.11 Å². The lowest BCUT2D eigenvalue weighted by Gasteiger charge is -2.19. The van der Waals surface area contributed by atoms with Crippen LogP contribution in [0.1, 0.15) is 6.92 Å². The molecule has 0 bridgehead atoms. The highest BCUT2D eigenvalue weighted by atomic mass is 32.2. The molecule has 0 spiro atoms. The number of esters is 1. The van der Waals surface area contributed by atoms with Gasteiger partial charge in [-0.3, -0.25) is 4.79 Å². The Hall–Kier alpha value is -1.54. The molecule has 0 saturated carbocycles. The fourth-order valence-electron chi connectivity index (χ4n) is 1.39. The van der Waals surface area contributed by atoms with E-state index in [1.165, 1.54) is 6.92 Å². The lowest BCUT2D eigenvalue weighted by atomic mass is 10.3. The number of benzene rings is 1. The molecule has 1 aromatic rings. The molecule has 19 heavy (non-hydrogen) atoms. The largest absolute Gasteiger partial charge is 0.468 e. The molecule has 0 N–H and O–H groups in total. The number of halogens is 2. The summed E-state index contributed by atoms with van der Waals surface area (Å²) in [6, 6.07) is 2.10. The molecule has 0 aliphatic heterocycles. The SMILES string of the molecule is CCN(CC(=O)OC)S(=O)(=O)c1cc(F)ccc1F. The van der Waals surface area contributed by atoms with Gasteiger partial charge in [-0.2, -0.15) is 4.31 Å². The number of sulfonamides is 1. The van der Waals surface area contributed by atoms with E-state index < -0.39 is 39.1 Å². The average molecular weight is 293 g/mol. The Kier molecular flexibility index (Phi) is 4.96. The van der Waals surface area contributed by atoms with Gasteiger partial charge < -0.3 is 4.74 Å². The molecule has 0 aliphatic carbocycles. The highest BCUT2D eigenvalue weighted by Gasteiger charge is 2.28. The van der Waals surface area contributed by atoms with E-state index in [1.807, 2.05) is 0 Å². The van der Waals surface area contributed by atoms with E-state index in [-0.39, 0.29) is 6.54 Å². The number of nitrogens with zero attached hydrogens (tertiary/aromatic N) is 1. The Balaban J connectivity index is 3.20. The molecule has 0 saturated heterocycles. The fraction of sp³-hybridized carbons (Fsp3) is 0.364. The first-order valence-corrected chi connectivity index (χ1v) is 6.79. The second-order valence-electron chi connectivity index (χ2n) is 3.58. The Morgan fingerprint density at radius 3 is 2.53 bits per heavy atom. The Morgan fingerprint density at radius 2 is 2.00 bits per heavy atom. The summed E-state index contributed by atoms with van der Waals surface area (Å²) in [7, 11) is -3.19. The fourth-order valence-corrected chi connectivity index (χ4v) is 2.86. The summed E-state index contributed by atoms with van der Waals surface area (Å²) in [6.07, 6.45) is 0. The van der Waals surface area contributed by atoms with Crippen molar-refractivity contribution in [3.8, 4) is 0 Å². The minimum absolute atomic E-state index is 0.0760. The van der Waals surface area contributed by atoms with Gasteiger partial charge in [0, 0.05) is 6.54 Å². The molecule has 0 radical (unpaired) electrons. The van der Waals surface area contributed by atoms with Crippen molar-refractivity contribution >= 4 is 16.0 Å². The number of likely N-dealkylation sites (N-methyl/N-ethyl adjacent to an activating group) is 1. The molecule has 0 aromatic heterocycles. The third kappa shape index (κ3) is 3.48. The van der Waals surface area contributed by atoms with Gasteiger partial charge in [0.2, 0.25) is 10.0 Å². The maximum atomic E-state index is 13.5. The van der Waals surface area contributed by atoms with Gasteiger partial charge >= 0.3 is 5.97 Å². The minimum Gasteiger partial charge on any atom is -0.468 e. The number of hydrogen-bond donors (Lipinski definition) is 0. The van der Waals surface area contributed by atoms with Gasteiger partial charge in [-0.15, -0.1) is 0 Å². The van der Waals surface area contributed by atoms with E-state index in [4.69, 9.17) is 0 Å². The molecule has 0 fully saturated rings. The second-order valence-corrected chi connectivity index (χ2v) is 5.49. The maximum Gasteiger partial charge on any atom is 0.321 e. The van der Waals surface area contributed by atoms with Crippen LogP contribution in [-0.2, 0) is 19.6 Å². The summed E-state index contributed by atoms with van der Waals surface area (Å²) in [6.45, 7) is 0.830. The quantitative estimate of drug-likeness (QED) is 0.764. The Labute approximate surface area is 109 Å². The van der Waals surface area contributed by atoms with Crippen molar-refractivity contribution in [3.63, 3.8) is 0 Å². The number of hydrogen-bond acceptors (Lipinski definition) is 4. The molecule has 0 unspecified atom stereocenters. The van der Waals surface area contributed by atoms with Crippen LogP contribution in [0, 0.1) is 11.6 Å². The van der Waals surface area contributed by atoms with Crippen molar-refractivity contribution in [2.45, 2.75) is 11.8 Å². The van der Waals surface area contributed by atoms with E-state index in [2.05, 4.69) is 4.74 Å². The first-order valence-electron chi connectivity index (χ1n) is 5.35. The van der Waals surface area contributed by atoms with Gasteiger partial charge in [-0.1, -0.05) is 6.92 Å². The molecule has 1 rings (SSSR count). The summed E-state index contributed by atoms with van der Waals surface area (Å²) in [5.74, 6) is -2.75. The van der Waals surface area contributed by atoms with E-state index in [9.17, 15) is 22.0 Å². The summed E-state index contributed by atoms with van der Waals surface area (Å²) < 4.78 is 55.8. The predicted molar refractivity (Wildman–Crippen MR) is 62.8 cm³/mol. The lowest BCUT2D eigenvalue weighted by molar-refractivity contribution is -0.140. The average Bonchev–Trinajstić information content (AvgIpc) is 2.37. The predicted octanol–water partition coefficient (Wildman–Crippen LogP) is 1.15. The van der Waals surface area contributed by atoms with Crippen molar-refractivity contribution in [3.05, 3.63) is 29.8 Å². The second kappa shape index (κ2) is 6.07. The van der Waals surface area contributed by atoms with Gasteiger partial charge in [-0.25, -0.2) is 17.2 Å². The van der Waals surface area contributed by atoms with Crippen LogP contribution in [0.5, 0.6) is 0 Å². The molecule has 0 aliphatic rings. The van der Waals surface area contributed by atoms with Crippen molar-refractivity contribution < 1.29 is 26.7 Å². The summed E-state index contributed by atoms with van der Waals surface area (Å²) in [4.78, 5) is 10.3. The smallest absolute Gasteiger partial charge is 0.321 e. The van der Waals surface area contributed by atoms with Crippen molar-refractivity contribution in [1.29, 1.82) is 0 Å². The number of carbonyl (C=O) groups excluding carboxylic acids is 1. The van der Waals surface area contributed by atoms with Crippen LogP contribution in [0.4, 0.5) is 8.78 Å². The molecule has 0 heterocycles. The zero-order valence-corrected chi connectivity index (χ0v) is 11.2. The third-order valence-electron chi connectivity index (χ3n) is 2.40. The first-order chi connectivity index (χ1) is 8.82. The molecule has 0 atom stereocenters. The highest BCUT2D eigenvalue weighted by molar-refractivity contribution is 7.89. The van der Waals surface area contributed by atoms with E-state index in [0.717, 1.165) is 13.2 Å². The summed E-state index contributed by atoms with van der Waals surface area (Å²) in [5.41, 5.74) is 0. The van der Waals surface area contributed by atoms with Crippen LogP contribution in [0.3, 0.4) is 0 Å². The summed E-state index contributed by atoms with van der Waals surface area (Å²) in [5, 5.41) is 0. The van der Waals surface area contributed by atoms with Crippen LogP contribution in [0.2, 0.25) is 0 Å². The summed E-state index contributed by atoms with van der Waals surface area (Å²) >= 11 is 0. The standard InChI is InChI=1S/C11H13F2NO4S/c1-3-14(7-11(15)18-2)19(16,17)10-6-8(12)4-5-9(10)13/h4-6H,3,7H2,1-2H3. The molecule has 106 valence electrons. The highest BCUT2D eigenvalue weighted by Crippen LogP contribution is 2.20. The van der Waals surface area contributed by atoms with Crippen LogP contribution < -0.4 is 0 Å². The molecule has 1 aromatic carbocycles. The first kappa shape index (κ1) is 15.5. The topological polar surface area (TPSA) is 63.7 Å². The van der Waals surface area contributed by atoms with E-state index in [0.29, 0.717) is 16.4 Å². The van der Waals surface area contributed by atoms with Crippen LogP contribution in [-0.4, -0.2) is 38.9 Å². The maximum absolute atomic E-state index is 13.5. The molecule has 8 heteroatoms. The zero-order chi connectivity index (χ0) is 14.6. The van der Waals surface area contributed by atoms with Gasteiger partial charge in [-0.05, 0) is 18.2 Å². The van der Waals surface area contributed by atoms with Gasteiger partial charge in [0.25, 0.3) is 0 Å². The number of rotatable bonds is 5. The van der Waals surface area contributed by atoms with Gasteiger partial charge in [0.1, 0.15) is 23.1 Å². The molecular formula is C11H13F2NO4S. The van der Waals surface area contributed by atoms with Crippen LogP contribution in [0.15, 0.2) is 23.1 Å². The molecule has 5 nitrogen and oxygen atoms in total. The number of methoxy groups -OCH3 is 1. The van der Waals surface area contributed by atoms with E-state index in [1.54, 1.807) is 0 Å². The van der Waals surface area contributed by atoms with E-state index >= 15 is 0 Å². The van der Waals surface area contributed by atoms with Crippen molar-refractivity contribution in [1.82, 2.24) is 4.31 Å².